The molecule has 5 N–H and O–H groups in total. The second-order valence-corrected chi connectivity index (χ2v) is 12.7. The van der Waals surface area contributed by atoms with Crippen LogP contribution in [0.25, 0.3) is 10.9 Å². The van der Waals surface area contributed by atoms with Gasteiger partial charge in [0.2, 0.25) is 11.8 Å². The van der Waals surface area contributed by atoms with E-state index >= 15 is 0 Å². The molecular weight excluding hydrogens is 546 g/mol. The van der Waals surface area contributed by atoms with E-state index in [0.717, 1.165) is 29.3 Å². The lowest BCUT2D eigenvalue weighted by molar-refractivity contribution is -0.141. The number of carbonyl (C=O) groups is 4. The number of benzene rings is 2. The first-order valence-corrected chi connectivity index (χ1v) is 15.0. The summed E-state index contributed by atoms with van der Waals surface area (Å²) in [6, 6.07) is 16.2. The van der Waals surface area contributed by atoms with Crippen molar-refractivity contribution in [3.8, 4) is 0 Å². The SMILES string of the molecule is CC(C)(C)OC(=O)NCC1CCC(C(=O)N2CC[C@@H](c3ccccc3)[C@H]2C(=O)Nc2ccc3[nH]c(C(N)=O)cc3c2)CC1. The van der Waals surface area contributed by atoms with Crippen LogP contribution >= 0.6 is 0 Å². The van der Waals surface area contributed by atoms with Crippen molar-refractivity contribution in [3.63, 3.8) is 0 Å². The Morgan fingerprint density at radius 2 is 1.70 bits per heavy atom. The van der Waals surface area contributed by atoms with Crippen LogP contribution in [0.3, 0.4) is 0 Å². The van der Waals surface area contributed by atoms with Gasteiger partial charge in [-0.05, 0) is 88.6 Å². The van der Waals surface area contributed by atoms with E-state index in [1.807, 2.05) is 51.1 Å². The number of alkyl carbamates (subject to hydrolysis) is 1. The fourth-order valence-electron chi connectivity index (χ4n) is 6.36. The van der Waals surface area contributed by atoms with Gasteiger partial charge in [0.15, 0.2) is 0 Å². The smallest absolute Gasteiger partial charge is 0.407 e. The second kappa shape index (κ2) is 12.5. The predicted molar refractivity (Wildman–Crippen MR) is 164 cm³/mol. The second-order valence-electron chi connectivity index (χ2n) is 12.7. The van der Waals surface area contributed by atoms with Crippen LogP contribution < -0.4 is 16.4 Å². The normalized spacial score (nSPS) is 22.3. The fraction of sp³-hybridized carbons (Fsp3) is 0.455. The highest BCUT2D eigenvalue weighted by Gasteiger charge is 2.44. The van der Waals surface area contributed by atoms with Gasteiger partial charge >= 0.3 is 6.09 Å². The number of amides is 4. The number of likely N-dealkylation sites (tertiary alicyclic amines) is 1. The number of ether oxygens (including phenoxy) is 1. The third kappa shape index (κ3) is 7.18. The molecule has 228 valence electrons. The van der Waals surface area contributed by atoms with Crippen LogP contribution in [-0.2, 0) is 14.3 Å². The number of nitrogens with one attached hydrogen (secondary N) is 3. The highest BCUT2D eigenvalue weighted by molar-refractivity contribution is 6.01. The summed E-state index contributed by atoms with van der Waals surface area (Å²) in [7, 11) is 0. The van der Waals surface area contributed by atoms with Crippen LogP contribution in [0.2, 0.25) is 0 Å². The number of anilines is 1. The number of aromatic amines is 1. The van der Waals surface area contributed by atoms with E-state index in [4.69, 9.17) is 10.5 Å². The Hall–Kier alpha value is -4.34. The van der Waals surface area contributed by atoms with Gasteiger partial charge in [0, 0.05) is 41.5 Å². The molecule has 1 aromatic heterocycles. The molecule has 1 saturated carbocycles. The molecule has 2 aliphatic rings. The Bertz CT molecular complexity index is 1490. The highest BCUT2D eigenvalue weighted by atomic mass is 16.6. The van der Waals surface area contributed by atoms with E-state index in [1.165, 1.54) is 0 Å². The molecule has 4 amide bonds. The zero-order valence-corrected chi connectivity index (χ0v) is 25.0. The van der Waals surface area contributed by atoms with Crippen LogP contribution in [0.5, 0.6) is 0 Å². The van der Waals surface area contributed by atoms with Gasteiger partial charge in [-0.2, -0.15) is 0 Å². The Morgan fingerprint density at radius 1 is 0.977 bits per heavy atom. The summed E-state index contributed by atoms with van der Waals surface area (Å²) >= 11 is 0. The monoisotopic (exact) mass is 587 g/mol. The van der Waals surface area contributed by atoms with Gasteiger partial charge in [-0.3, -0.25) is 14.4 Å². The molecule has 10 heteroatoms. The molecule has 3 aromatic rings. The number of carbonyl (C=O) groups excluding carboxylic acids is 4. The zero-order valence-electron chi connectivity index (χ0n) is 25.0. The largest absolute Gasteiger partial charge is 0.444 e. The van der Waals surface area contributed by atoms with Crippen molar-refractivity contribution < 1.29 is 23.9 Å². The number of nitrogens with zero attached hydrogens (tertiary/aromatic N) is 1. The van der Waals surface area contributed by atoms with Gasteiger partial charge in [-0.1, -0.05) is 30.3 Å². The molecule has 2 heterocycles. The molecule has 0 unspecified atom stereocenters. The summed E-state index contributed by atoms with van der Waals surface area (Å²) in [5.74, 6) is -0.780. The zero-order chi connectivity index (χ0) is 30.7. The van der Waals surface area contributed by atoms with E-state index in [9.17, 15) is 19.2 Å². The number of fused-ring (bicyclic) bond motifs is 1. The van der Waals surface area contributed by atoms with Crippen molar-refractivity contribution in [3.05, 3.63) is 65.9 Å². The maximum absolute atomic E-state index is 13.9. The van der Waals surface area contributed by atoms with Gasteiger partial charge in [-0.15, -0.1) is 0 Å². The molecule has 2 atom stereocenters. The summed E-state index contributed by atoms with van der Waals surface area (Å²) in [4.78, 5) is 56.2. The molecule has 1 aliphatic heterocycles. The molecule has 5 rings (SSSR count). The van der Waals surface area contributed by atoms with Crippen LogP contribution in [0.4, 0.5) is 10.5 Å². The van der Waals surface area contributed by atoms with Crippen molar-refractivity contribution in [2.45, 2.75) is 70.4 Å². The average molecular weight is 588 g/mol. The maximum atomic E-state index is 13.9. The molecule has 2 aromatic carbocycles. The van der Waals surface area contributed by atoms with Gasteiger partial charge in [-0.25, -0.2) is 4.79 Å². The number of nitrogens with two attached hydrogens (primary N) is 1. The maximum Gasteiger partial charge on any atom is 0.407 e. The minimum atomic E-state index is -0.649. The first kappa shape index (κ1) is 30.1. The quantitative estimate of drug-likeness (QED) is 0.310. The minimum Gasteiger partial charge on any atom is -0.444 e. The summed E-state index contributed by atoms with van der Waals surface area (Å²) in [6.07, 6.45) is 3.35. The summed E-state index contributed by atoms with van der Waals surface area (Å²) < 4.78 is 5.34. The summed E-state index contributed by atoms with van der Waals surface area (Å²) in [5.41, 5.74) is 7.51. The minimum absolute atomic E-state index is 0.0179. The summed E-state index contributed by atoms with van der Waals surface area (Å²) in [6.45, 7) is 6.53. The lowest BCUT2D eigenvalue weighted by Crippen LogP contribution is -2.48. The highest BCUT2D eigenvalue weighted by Crippen LogP contribution is 2.38. The van der Waals surface area contributed by atoms with Crippen LogP contribution in [-0.4, -0.2) is 58.4 Å². The lowest BCUT2D eigenvalue weighted by atomic mass is 9.81. The van der Waals surface area contributed by atoms with Crippen LogP contribution in [0.1, 0.15) is 74.8 Å². The van der Waals surface area contributed by atoms with Gasteiger partial charge in [0.25, 0.3) is 5.91 Å². The van der Waals surface area contributed by atoms with Crippen molar-refractivity contribution >= 4 is 40.4 Å². The third-order valence-corrected chi connectivity index (χ3v) is 8.46. The Morgan fingerprint density at radius 3 is 2.37 bits per heavy atom. The van der Waals surface area contributed by atoms with Gasteiger partial charge in [0.1, 0.15) is 17.3 Å². The van der Waals surface area contributed by atoms with Crippen LogP contribution in [0, 0.1) is 11.8 Å². The number of rotatable bonds is 7. The standard InChI is InChI=1S/C33H41N5O5/c1-33(2,3)43-32(42)35-19-20-9-11-22(12-10-20)31(41)38-16-15-25(21-7-5-4-6-8-21)28(38)30(40)36-24-13-14-26-23(17-24)18-27(37-26)29(34)39/h4-8,13-14,17-18,20,22,25,28,37H,9-12,15-16,19H2,1-3H3,(H2,34,39)(H,35,42)(H,36,40)/t20?,22?,25-,28-/m0/s1. The number of aromatic nitrogens is 1. The molecule has 10 nitrogen and oxygen atoms in total. The van der Waals surface area contributed by atoms with Crippen LogP contribution in [0.15, 0.2) is 54.6 Å². The number of primary amides is 1. The molecular formula is C33H41N5O5. The van der Waals surface area contributed by atoms with Crippen molar-refractivity contribution in [1.82, 2.24) is 15.2 Å². The van der Waals surface area contributed by atoms with E-state index in [1.54, 1.807) is 29.2 Å². The van der Waals surface area contributed by atoms with Crippen molar-refractivity contribution in [2.24, 2.45) is 17.6 Å². The Kier molecular flexibility index (Phi) is 8.75. The van der Waals surface area contributed by atoms with E-state index in [0.29, 0.717) is 43.7 Å². The van der Waals surface area contributed by atoms with Crippen molar-refractivity contribution in [1.29, 1.82) is 0 Å². The van der Waals surface area contributed by atoms with Gasteiger partial charge in [0.05, 0.1) is 0 Å². The van der Waals surface area contributed by atoms with Crippen molar-refractivity contribution in [2.75, 3.05) is 18.4 Å². The van der Waals surface area contributed by atoms with E-state index in [2.05, 4.69) is 15.6 Å². The van der Waals surface area contributed by atoms with Gasteiger partial charge < -0.3 is 31.0 Å². The summed E-state index contributed by atoms with van der Waals surface area (Å²) in [5, 5.41) is 6.65. The number of hydrogen-bond acceptors (Lipinski definition) is 5. The topological polar surface area (TPSA) is 147 Å². The molecule has 0 bridgehead atoms. The first-order chi connectivity index (χ1) is 20.5. The van der Waals surface area contributed by atoms with E-state index in [-0.39, 0.29) is 29.6 Å². The Labute approximate surface area is 251 Å². The molecule has 0 radical (unpaired) electrons. The Balaban J connectivity index is 1.27. The average Bonchev–Trinajstić information content (AvgIpc) is 3.61. The van der Waals surface area contributed by atoms with E-state index < -0.39 is 23.6 Å². The lowest BCUT2D eigenvalue weighted by Gasteiger charge is -2.34. The third-order valence-electron chi connectivity index (χ3n) is 8.46. The molecule has 1 aliphatic carbocycles. The molecule has 1 saturated heterocycles. The molecule has 43 heavy (non-hydrogen) atoms. The predicted octanol–water partition coefficient (Wildman–Crippen LogP) is 4.92. The fourth-order valence-corrected chi connectivity index (χ4v) is 6.36. The number of hydrogen-bond donors (Lipinski definition) is 4. The number of H-pyrrole nitrogens is 1. The first-order valence-electron chi connectivity index (χ1n) is 15.0. The molecule has 0 spiro atoms. The molecule has 2 fully saturated rings.